The number of aryl methyl sites for hydroxylation is 1. The average Bonchev–Trinajstić information content (AvgIpc) is 3.07. The van der Waals surface area contributed by atoms with Gasteiger partial charge in [0, 0.05) is 54.9 Å². The summed E-state index contributed by atoms with van der Waals surface area (Å²) in [5.74, 6) is -0.549. The number of hydrogen-bond donors (Lipinski definition) is 2. The van der Waals surface area contributed by atoms with Crippen molar-refractivity contribution in [1.82, 2.24) is 19.4 Å². The Bertz CT molecular complexity index is 1040. The number of hydrogen-bond acceptors (Lipinski definition) is 5. The Labute approximate surface area is 218 Å². The van der Waals surface area contributed by atoms with E-state index in [1.807, 2.05) is 46.3 Å². The van der Waals surface area contributed by atoms with Gasteiger partial charge in [0.15, 0.2) is 5.03 Å². The number of benzene rings is 1. The van der Waals surface area contributed by atoms with Crippen LogP contribution in [0.5, 0.6) is 0 Å². The normalized spacial score (nSPS) is 11.7. The maximum atomic E-state index is 14.1. The van der Waals surface area contributed by atoms with Crippen LogP contribution in [0.3, 0.4) is 0 Å². The molecule has 0 spiro atoms. The molecular weight excluding hydrogens is 456 g/mol. The number of rotatable bonds is 9. The molecule has 0 aliphatic rings. The zero-order valence-corrected chi connectivity index (χ0v) is 23.7. The van der Waals surface area contributed by atoms with Crippen molar-refractivity contribution in [2.45, 2.75) is 64.9 Å². The third-order valence-corrected chi connectivity index (χ3v) is 6.59. The first-order valence-electron chi connectivity index (χ1n) is 10.8. The summed E-state index contributed by atoms with van der Waals surface area (Å²) in [6.45, 7) is 13.7. The number of sulfonamides is 1. The summed E-state index contributed by atoms with van der Waals surface area (Å²) in [7, 11) is -2.52. The molecule has 2 amide bonds. The van der Waals surface area contributed by atoms with Crippen LogP contribution < -0.4 is 10.0 Å². The van der Waals surface area contributed by atoms with Crippen LogP contribution in [-0.2, 0) is 23.6 Å². The molecule has 0 unspecified atom stereocenters. The largest absolute Gasteiger partial charge is 0.333 e. The Kier molecular flexibility index (Phi) is 11.0. The molecule has 0 saturated carbocycles. The predicted molar refractivity (Wildman–Crippen MR) is 130 cm³/mol. The van der Waals surface area contributed by atoms with Crippen LogP contribution in [-0.4, -0.2) is 71.8 Å². The monoisotopic (exact) mass is 490 g/mol. The molecule has 0 aliphatic carbocycles. The fraction of sp³-hybridized carbons (Fsp3) is 0.545. The Balaban J connectivity index is 0.00000544. The fourth-order valence-corrected chi connectivity index (χ4v) is 4.37. The Hall–Kier alpha value is -1.46. The van der Waals surface area contributed by atoms with Gasteiger partial charge in [0.25, 0.3) is 10.0 Å². The molecule has 1 heterocycles. The number of nitrogens with zero attached hydrogens (tertiary/aromatic N) is 3. The van der Waals surface area contributed by atoms with Crippen molar-refractivity contribution in [2.24, 2.45) is 7.05 Å². The van der Waals surface area contributed by atoms with Crippen LogP contribution in [0.1, 0.15) is 70.2 Å². The van der Waals surface area contributed by atoms with Gasteiger partial charge in [-0.05, 0) is 48.2 Å². The molecule has 1 aromatic carbocycles. The number of halogens is 1. The number of amides is 2. The molecule has 0 aliphatic heterocycles. The number of aromatic nitrogens is 2. The zero-order chi connectivity index (χ0) is 24.2. The number of carbonyl (C=O) groups is 1. The molecule has 8 nitrogen and oxygen atoms in total. The van der Waals surface area contributed by atoms with E-state index in [1.54, 1.807) is 7.05 Å². The molecule has 1 radical (unpaired) electrons. The molecule has 2 aromatic rings. The maximum absolute atomic E-state index is 14.1. The van der Waals surface area contributed by atoms with E-state index in [2.05, 4.69) is 15.3 Å². The Morgan fingerprint density at radius 3 is 2.06 bits per heavy atom. The van der Waals surface area contributed by atoms with Crippen molar-refractivity contribution in [1.29, 1.82) is 0 Å². The van der Waals surface area contributed by atoms with Gasteiger partial charge in [0.2, 0.25) is 0 Å². The second-order valence-corrected chi connectivity index (χ2v) is 10.0. The predicted octanol–water partition coefficient (Wildman–Crippen LogP) is 3.78. The quantitative estimate of drug-likeness (QED) is 0.522. The first-order chi connectivity index (χ1) is 14.9. The van der Waals surface area contributed by atoms with Crippen molar-refractivity contribution < 1.29 is 17.6 Å². The van der Waals surface area contributed by atoms with E-state index >= 15 is 0 Å². The maximum Gasteiger partial charge on any atom is 0.333 e. The molecule has 11 heteroatoms. The number of anilines is 1. The smallest absolute Gasteiger partial charge is 0.307 e. The van der Waals surface area contributed by atoms with E-state index in [-0.39, 0.29) is 46.4 Å². The van der Waals surface area contributed by atoms with E-state index < -0.39 is 21.9 Å². The molecule has 179 valence electrons. The molecule has 1 aromatic heterocycles. The summed E-state index contributed by atoms with van der Waals surface area (Å²) >= 11 is 0. The van der Waals surface area contributed by atoms with Crippen molar-refractivity contribution >= 4 is 51.3 Å². The second kappa shape index (κ2) is 12.3. The van der Waals surface area contributed by atoms with Crippen molar-refractivity contribution in [3.05, 3.63) is 40.8 Å². The van der Waals surface area contributed by atoms with Gasteiger partial charge in [0.05, 0.1) is 5.69 Å². The Morgan fingerprint density at radius 2 is 1.61 bits per heavy atom. The third-order valence-electron chi connectivity index (χ3n) is 5.38. The Morgan fingerprint density at radius 1 is 1.09 bits per heavy atom. The minimum Gasteiger partial charge on any atom is -0.307 e. The van der Waals surface area contributed by atoms with Gasteiger partial charge in [-0.3, -0.25) is 9.58 Å². The third kappa shape index (κ3) is 7.51. The van der Waals surface area contributed by atoms with Crippen LogP contribution >= 0.6 is 0 Å². The molecule has 0 bridgehead atoms. The minimum atomic E-state index is -4.19. The summed E-state index contributed by atoms with van der Waals surface area (Å²) in [6, 6.07) is 3.26. The van der Waals surface area contributed by atoms with Crippen molar-refractivity contribution in [3.63, 3.8) is 0 Å². The first kappa shape index (κ1) is 29.6. The number of nitrogens with one attached hydrogen (secondary N) is 2. The van der Waals surface area contributed by atoms with E-state index in [0.29, 0.717) is 23.4 Å². The van der Waals surface area contributed by atoms with E-state index in [1.165, 1.54) is 22.9 Å². The fourth-order valence-electron chi connectivity index (χ4n) is 3.45. The van der Waals surface area contributed by atoms with Crippen LogP contribution in [0.25, 0.3) is 0 Å². The summed E-state index contributed by atoms with van der Waals surface area (Å²) in [6.07, 6.45) is 0. The summed E-state index contributed by atoms with van der Waals surface area (Å²) in [5.41, 5.74) is 2.34. The van der Waals surface area contributed by atoms with E-state index in [4.69, 9.17) is 0 Å². The van der Waals surface area contributed by atoms with Crippen LogP contribution in [0.15, 0.2) is 23.2 Å². The standard InChI is InChI=1S/C22H34FN5O3S.Na/c1-8-28(9-2)13-17-12-20(25-27(17)7)32(30,31)26-22(29)24-21-18(14(3)4)10-16(23)11-19(21)15(5)6;/h10-12,14-15H,8-9,13H2,1-7H3,(H2,24,26,29);. The topological polar surface area (TPSA) is 96.3 Å². The van der Waals surface area contributed by atoms with Gasteiger partial charge in [-0.15, -0.1) is 0 Å². The average molecular weight is 491 g/mol. The summed E-state index contributed by atoms with van der Waals surface area (Å²) in [5, 5.41) is 6.47. The second-order valence-electron chi connectivity index (χ2n) is 8.39. The summed E-state index contributed by atoms with van der Waals surface area (Å²) < 4.78 is 43.2. The van der Waals surface area contributed by atoms with Gasteiger partial charge in [-0.25, -0.2) is 13.9 Å². The zero-order valence-electron chi connectivity index (χ0n) is 20.9. The van der Waals surface area contributed by atoms with E-state index in [0.717, 1.165) is 18.8 Å². The van der Waals surface area contributed by atoms with Crippen LogP contribution in [0.4, 0.5) is 14.9 Å². The number of carbonyl (C=O) groups excluding carboxylic acids is 1. The summed E-state index contributed by atoms with van der Waals surface area (Å²) in [4.78, 5) is 14.8. The van der Waals surface area contributed by atoms with Crippen molar-refractivity contribution in [3.8, 4) is 0 Å². The SMILES string of the molecule is CCN(CC)Cc1cc(S(=O)(=O)NC(=O)Nc2c(C(C)C)cc(F)cc2C(C)C)nn1C.[Na]. The van der Waals surface area contributed by atoms with Crippen LogP contribution in [0, 0.1) is 5.82 Å². The van der Waals surface area contributed by atoms with Gasteiger partial charge in [-0.1, -0.05) is 41.5 Å². The van der Waals surface area contributed by atoms with Gasteiger partial charge in [0.1, 0.15) is 5.82 Å². The molecule has 2 N–H and O–H groups in total. The van der Waals surface area contributed by atoms with Gasteiger partial charge < -0.3 is 5.32 Å². The molecule has 0 fully saturated rings. The molecular formula is C22H34FN5NaO3S. The molecule has 33 heavy (non-hydrogen) atoms. The molecule has 2 rings (SSSR count). The number of urea groups is 1. The van der Waals surface area contributed by atoms with Crippen molar-refractivity contribution in [2.75, 3.05) is 18.4 Å². The van der Waals surface area contributed by atoms with Gasteiger partial charge >= 0.3 is 6.03 Å². The van der Waals surface area contributed by atoms with Gasteiger partial charge in [-0.2, -0.15) is 13.5 Å². The minimum absolute atomic E-state index is 0. The first-order valence-corrected chi connectivity index (χ1v) is 12.3. The van der Waals surface area contributed by atoms with E-state index in [9.17, 15) is 17.6 Å². The molecule has 0 saturated heterocycles. The van der Waals surface area contributed by atoms with Crippen LogP contribution in [0.2, 0.25) is 0 Å². The molecule has 0 atom stereocenters.